The summed E-state index contributed by atoms with van der Waals surface area (Å²) < 4.78 is 2.31. The van der Waals surface area contributed by atoms with E-state index in [2.05, 4.69) is 83.3 Å². The van der Waals surface area contributed by atoms with Crippen LogP contribution in [0, 0.1) is 0 Å². The van der Waals surface area contributed by atoms with E-state index in [0.29, 0.717) is 0 Å². The fourth-order valence-corrected chi connectivity index (χ4v) is 6.57. The molecule has 162 valence electrons. The van der Waals surface area contributed by atoms with E-state index in [9.17, 15) is 0 Å². The molecular formula is C32H19N3. The van der Waals surface area contributed by atoms with Crippen LogP contribution in [0.2, 0.25) is 0 Å². The zero-order valence-electron chi connectivity index (χ0n) is 18.9. The van der Waals surface area contributed by atoms with E-state index in [1.54, 1.807) is 0 Å². The highest BCUT2D eigenvalue weighted by Gasteiger charge is 2.28. The summed E-state index contributed by atoms with van der Waals surface area (Å²) in [6, 6.07) is 30.9. The zero-order valence-corrected chi connectivity index (χ0v) is 18.9. The first-order valence-corrected chi connectivity index (χ1v) is 12.2. The molecule has 3 heterocycles. The molecule has 0 radical (unpaired) electrons. The molecule has 2 aliphatic rings. The average Bonchev–Trinajstić information content (AvgIpc) is 3.58. The summed E-state index contributed by atoms with van der Waals surface area (Å²) in [5.74, 6) is 0. The maximum Gasteiger partial charge on any atom is 0.147 e. The standard InChI is InChI=1S/C32H19N3/c1-2-7-22-18(6-1)14-20-17-25-21(16-24(20)22)15-19-11-12-23-30(29(19)25)32-34-26-8-3-4-9-27(26)35(32)28-10-5-13-33-31(23)28/h1-13,16-17H,14-15H2. The van der Waals surface area contributed by atoms with E-state index in [-0.39, 0.29) is 0 Å². The van der Waals surface area contributed by atoms with E-state index in [4.69, 9.17) is 9.97 Å². The van der Waals surface area contributed by atoms with Crippen LogP contribution in [0.1, 0.15) is 22.3 Å². The van der Waals surface area contributed by atoms with Crippen molar-refractivity contribution in [3.8, 4) is 22.3 Å². The Hall–Kier alpha value is -4.50. The molecule has 0 bridgehead atoms. The van der Waals surface area contributed by atoms with Crippen LogP contribution in [0.3, 0.4) is 0 Å². The van der Waals surface area contributed by atoms with Crippen LogP contribution in [-0.2, 0) is 12.8 Å². The van der Waals surface area contributed by atoms with Crippen LogP contribution in [0.25, 0.3) is 60.7 Å². The summed E-state index contributed by atoms with van der Waals surface area (Å²) in [5.41, 5.74) is 16.5. The van der Waals surface area contributed by atoms with Gasteiger partial charge in [-0.3, -0.25) is 9.38 Å². The lowest BCUT2D eigenvalue weighted by molar-refractivity contribution is 1.24. The van der Waals surface area contributed by atoms with Gasteiger partial charge in [0, 0.05) is 17.0 Å². The lowest BCUT2D eigenvalue weighted by Crippen LogP contribution is -1.95. The predicted molar refractivity (Wildman–Crippen MR) is 142 cm³/mol. The van der Waals surface area contributed by atoms with E-state index in [1.807, 2.05) is 12.3 Å². The fraction of sp³-hybridized carbons (Fsp3) is 0.0625. The van der Waals surface area contributed by atoms with Crippen molar-refractivity contribution in [2.75, 3.05) is 0 Å². The van der Waals surface area contributed by atoms with E-state index < -0.39 is 0 Å². The Morgan fingerprint density at radius 3 is 2.43 bits per heavy atom. The van der Waals surface area contributed by atoms with Crippen molar-refractivity contribution < 1.29 is 0 Å². The second-order valence-corrected chi connectivity index (χ2v) is 9.83. The monoisotopic (exact) mass is 445 g/mol. The van der Waals surface area contributed by atoms with Crippen molar-refractivity contribution in [1.82, 2.24) is 14.4 Å². The van der Waals surface area contributed by atoms with E-state index in [0.717, 1.165) is 40.6 Å². The maximum absolute atomic E-state index is 5.18. The maximum atomic E-state index is 5.18. The molecule has 0 spiro atoms. The van der Waals surface area contributed by atoms with Gasteiger partial charge < -0.3 is 0 Å². The summed E-state index contributed by atoms with van der Waals surface area (Å²) in [4.78, 5) is 10.0. The molecule has 3 aromatic heterocycles. The minimum Gasteiger partial charge on any atom is -0.290 e. The number of para-hydroxylation sites is 2. The highest BCUT2D eigenvalue weighted by Crippen LogP contribution is 2.48. The Morgan fingerprint density at radius 1 is 0.629 bits per heavy atom. The number of pyridine rings is 2. The van der Waals surface area contributed by atoms with Gasteiger partial charge in [0.2, 0.25) is 0 Å². The number of hydrogen-bond donors (Lipinski definition) is 0. The number of nitrogens with zero attached hydrogens (tertiary/aromatic N) is 3. The average molecular weight is 446 g/mol. The molecular weight excluding hydrogens is 426 g/mol. The number of rotatable bonds is 0. The van der Waals surface area contributed by atoms with Gasteiger partial charge >= 0.3 is 0 Å². The second kappa shape index (κ2) is 6.13. The van der Waals surface area contributed by atoms with Gasteiger partial charge in [0.1, 0.15) is 5.65 Å². The SMILES string of the molecule is c1ccc2c(c1)Cc1cc3c(cc1-2)Cc1ccc2c4ncccc4n4c5ccccc5nc4c2c1-3. The number of fused-ring (bicyclic) bond motifs is 15. The van der Waals surface area contributed by atoms with Crippen molar-refractivity contribution in [1.29, 1.82) is 0 Å². The molecule has 9 rings (SSSR count). The lowest BCUT2D eigenvalue weighted by atomic mass is 9.95. The van der Waals surface area contributed by atoms with Crippen LogP contribution in [0.15, 0.2) is 91.1 Å². The minimum atomic E-state index is 0.961. The Kier molecular flexibility index (Phi) is 3.14. The van der Waals surface area contributed by atoms with Crippen molar-refractivity contribution in [2.45, 2.75) is 12.8 Å². The Balaban J connectivity index is 1.45. The smallest absolute Gasteiger partial charge is 0.147 e. The van der Waals surface area contributed by atoms with E-state index in [1.165, 1.54) is 55.3 Å². The molecule has 0 aliphatic heterocycles. The number of imidazole rings is 1. The molecule has 7 aromatic rings. The predicted octanol–water partition coefficient (Wildman–Crippen LogP) is 7.33. The number of aromatic nitrogens is 3. The van der Waals surface area contributed by atoms with Gasteiger partial charge in [0.25, 0.3) is 0 Å². The van der Waals surface area contributed by atoms with Gasteiger partial charge in [-0.15, -0.1) is 0 Å². The molecule has 0 unspecified atom stereocenters. The fourth-order valence-electron chi connectivity index (χ4n) is 6.57. The van der Waals surface area contributed by atoms with Crippen molar-refractivity contribution in [3.05, 3.63) is 113 Å². The first kappa shape index (κ1) is 17.9. The van der Waals surface area contributed by atoms with Gasteiger partial charge in [0.05, 0.1) is 22.1 Å². The zero-order chi connectivity index (χ0) is 22.7. The third kappa shape index (κ3) is 2.17. The molecule has 3 nitrogen and oxygen atoms in total. The van der Waals surface area contributed by atoms with E-state index >= 15 is 0 Å². The second-order valence-electron chi connectivity index (χ2n) is 9.83. The van der Waals surface area contributed by atoms with Crippen LogP contribution in [0.4, 0.5) is 0 Å². The third-order valence-electron chi connectivity index (χ3n) is 8.03. The summed E-state index contributed by atoms with van der Waals surface area (Å²) in [6.45, 7) is 0. The molecule has 0 saturated carbocycles. The van der Waals surface area contributed by atoms with Crippen LogP contribution in [-0.4, -0.2) is 14.4 Å². The van der Waals surface area contributed by atoms with Gasteiger partial charge in [-0.2, -0.15) is 0 Å². The molecule has 0 amide bonds. The molecule has 2 aliphatic carbocycles. The first-order valence-electron chi connectivity index (χ1n) is 12.2. The summed E-state index contributed by atoms with van der Waals surface area (Å²) in [6.07, 6.45) is 3.87. The molecule has 0 fully saturated rings. The summed E-state index contributed by atoms with van der Waals surface area (Å²) in [7, 11) is 0. The van der Waals surface area contributed by atoms with Gasteiger partial charge in [-0.25, -0.2) is 4.98 Å². The van der Waals surface area contributed by atoms with Gasteiger partial charge in [-0.05, 0) is 93.7 Å². The van der Waals surface area contributed by atoms with Crippen LogP contribution in [0.5, 0.6) is 0 Å². The van der Waals surface area contributed by atoms with Crippen LogP contribution >= 0.6 is 0 Å². The molecule has 3 heteroatoms. The molecule has 0 N–H and O–H groups in total. The first-order chi connectivity index (χ1) is 17.3. The number of hydrogen-bond acceptors (Lipinski definition) is 2. The summed E-state index contributed by atoms with van der Waals surface area (Å²) >= 11 is 0. The lowest BCUT2D eigenvalue weighted by Gasteiger charge is -2.13. The van der Waals surface area contributed by atoms with Gasteiger partial charge in [0.15, 0.2) is 0 Å². The van der Waals surface area contributed by atoms with Crippen molar-refractivity contribution in [3.63, 3.8) is 0 Å². The Morgan fingerprint density at radius 2 is 1.43 bits per heavy atom. The largest absolute Gasteiger partial charge is 0.290 e. The van der Waals surface area contributed by atoms with Crippen molar-refractivity contribution >= 4 is 38.5 Å². The molecule has 4 aromatic carbocycles. The topological polar surface area (TPSA) is 30.2 Å². The van der Waals surface area contributed by atoms with Gasteiger partial charge in [-0.1, -0.05) is 48.5 Å². The molecule has 0 saturated heterocycles. The molecule has 0 atom stereocenters. The van der Waals surface area contributed by atoms with Crippen LogP contribution < -0.4 is 0 Å². The normalized spacial score (nSPS) is 13.5. The molecule has 35 heavy (non-hydrogen) atoms. The highest BCUT2D eigenvalue weighted by atomic mass is 15.0. The Bertz CT molecular complexity index is 2060. The Labute approximate surface area is 201 Å². The number of benzene rings is 4. The third-order valence-corrected chi connectivity index (χ3v) is 8.03. The quantitative estimate of drug-likeness (QED) is 0.229. The summed E-state index contributed by atoms with van der Waals surface area (Å²) in [5, 5.41) is 2.40. The highest BCUT2D eigenvalue weighted by molar-refractivity contribution is 6.18. The van der Waals surface area contributed by atoms with Crippen molar-refractivity contribution in [2.24, 2.45) is 0 Å². The minimum absolute atomic E-state index is 0.961.